The molecule has 3 N–H and O–H groups in total. The van der Waals surface area contributed by atoms with E-state index < -0.39 is 0 Å². The second-order valence-corrected chi connectivity index (χ2v) is 3.96. The molecule has 0 rings (SSSR count). The van der Waals surface area contributed by atoms with Crippen LogP contribution in [0.2, 0.25) is 0 Å². The Labute approximate surface area is 96.6 Å². The standard InChI is InChI=1S/C11H21N3O2/c1-8(2)10(15)12-6-5-7-13-14-11(16)9(3)4/h9,13H,1,5-7H2,2-4H3,(H,12,15)(H,14,16). The van der Waals surface area contributed by atoms with E-state index in [0.29, 0.717) is 18.7 Å². The summed E-state index contributed by atoms with van der Waals surface area (Å²) in [6.07, 6.45) is 0.747. The van der Waals surface area contributed by atoms with Crippen LogP contribution in [0.3, 0.4) is 0 Å². The van der Waals surface area contributed by atoms with Crippen LogP contribution >= 0.6 is 0 Å². The van der Waals surface area contributed by atoms with Gasteiger partial charge < -0.3 is 5.32 Å². The van der Waals surface area contributed by atoms with Gasteiger partial charge in [-0.2, -0.15) is 0 Å². The van der Waals surface area contributed by atoms with Crippen molar-refractivity contribution in [3.63, 3.8) is 0 Å². The number of hydrogen-bond donors (Lipinski definition) is 3. The Morgan fingerprint density at radius 3 is 2.38 bits per heavy atom. The molecule has 0 aromatic rings. The highest BCUT2D eigenvalue weighted by molar-refractivity contribution is 5.91. The van der Waals surface area contributed by atoms with E-state index in [4.69, 9.17) is 0 Å². The van der Waals surface area contributed by atoms with Crippen LogP contribution in [0.1, 0.15) is 27.2 Å². The zero-order chi connectivity index (χ0) is 12.6. The predicted octanol–water partition coefficient (Wildman–Crippen LogP) is 0.346. The Hall–Kier alpha value is -1.36. The predicted molar refractivity (Wildman–Crippen MR) is 63.4 cm³/mol. The van der Waals surface area contributed by atoms with E-state index in [1.54, 1.807) is 6.92 Å². The molecule has 5 heteroatoms. The molecule has 0 aliphatic heterocycles. The van der Waals surface area contributed by atoms with Crippen molar-refractivity contribution in [2.24, 2.45) is 5.92 Å². The highest BCUT2D eigenvalue weighted by atomic mass is 16.2. The molecule has 16 heavy (non-hydrogen) atoms. The van der Waals surface area contributed by atoms with E-state index in [1.165, 1.54) is 0 Å². The molecule has 0 saturated carbocycles. The summed E-state index contributed by atoms with van der Waals surface area (Å²) in [7, 11) is 0. The minimum Gasteiger partial charge on any atom is -0.352 e. The van der Waals surface area contributed by atoms with Crippen molar-refractivity contribution >= 4 is 11.8 Å². The van der Waals surface area contributed by atoms with Crippen LogP contribution in [0.4, 0.5) is 0 Å². The largest absolute Gasteiger partial charge is 0.352 e. The summed E-state index contributed by atoms with van der Waals surface area (Å²) in [6, 6.07) is 0. The fourth-order valence-electron chi connectivity index (χ4n) is 0.824. The lowest BCUT2D eigenvalue weighted by Gasteiger charge is -2.09. The van der Waals surface area contributed by atoms with Crippen LogP contribution in [0.15, 0.2) is 12.2 Å². The molecule has 0 atom stereocenters. The Bertz CT molecular complexity index is 262. The molecule has 0 radical (unpaired) electrons. The van der Waals surface area contributed by atoms with Crippen molar-refractivity contribution < 1.29 is 9.59 Å². The molecule has 92 valence electrons. The molecule has 0 aromatic heterocycles. The molecule has 0 bridgehead atoms. The Balaban J connectivity index is 3.38. The number of rotatable bonds is 7. The highest BCUT2D eigenvalue weighted by Crippen LogP contribution is 1.88. The lowest BCUT2D eigenvalue weighted by Crippen LogP contribution is -2.41. The summed E-state index contributed by atoms with van der Waals surface area (Å²) < 4.78 is 0. The van der Waals surface area contributed by atoms with Crippen molar-refractivity contribution in [1.29, 1.82) is 0 Å². The summed E-state index contributed by atoms with van der Waals surface area (Å²) >= 11 is 0. The molecule has 0 fully saturated rings. The lowest BCUT2D eigenvalue weighted by atomic mass is 10.2. The smallest absolute Gasteiger partial charge is 0.246 e. The number of carbonyl (C=O) groups is 2. The van der Waals surface area contributed by atoms with E-state index in [1.807, 2.05) is 13.8 Å². The van der Waals surface area contributed by atoms with Crippen LogP contribution in [0.5, 0.6) is 0 Å². The van der Waals surface area contributed by atoms with Crippen LogP contribution in [0, 0.1) is 5.92 Å². The fraction of sp³-hybridized carbons (Fsp3) is 0.636. The topological polar surface area (TPSA) is 70.2 Å². The van der Waals surface area contributed by atoms with Crippen molar-refractivity contribution in [3.05, 3.63) is 12.2 Å². The monoisotopic (exact) mass is 227 g/mol. The first kappa shape index (κ1) is 14.6. The first-order chi connectivity index (χ1) is 7.45. The summed E-state index contributed by atoms with van der Waals surface area (Å²) in [4.78, 5) is 22.2. The molecular formula is C11H21N3O2. The summed E-state index contributed by atoms with van der Waals surface area (Å²) in [5.41, 5.74) is 5.87. The van der Waals surface area contributed by atoms with Gasteiger partial charge in [-0.3, -0.25) is 15.0 Å². The molecule has 5 nitrogen and oxygen atoms in total. The quantitative estimate of drug-likeness (QED) is 0.334. The van der Waals surface area contributed by atoms with Crippen molar-refractivity contribution in [2.45, 2.75) is 27.2 Å². The summed E-state index contributed by atoms with van der Waals surface area (Å²) in [5.74, 6) is -0.201. The average Bonchev–Trinajstić information content (AvgIpc) is 2.21. The summed E-state index contributed by atoms with van der Waals surface area (Å²) in [6.45, 7) is 10.0. The van der Waals surface area contributed by atoms with E-state index in [-0.39, 0.29) is 17.7 Å². The molecule has 0 heterocycles. The number of hydrogen-bond acceptors (Lipinski definition) is 3. The van der Waals surface area contributed by atoms with Crippen LogP contribution < -0.4 is 16.2 Å². The minimum absolute atomic E-state index is 0.0318. The van der Waals surface area contributed by atoms with Gasteiger partial charge in [0.15, 0.2) is 0 Å². The number of amides is 2. The normalized spacial score (nSPS) is 10.0. The highest BCUT2D eigenvalue weighted by Gasteiger charge is 2.04. The third-order valence-electron chi connectivity index (χ3n) is 1.89. The van der Waals surface area contributed by atoms with E-state index in [0.717, 1.165) is 6.42 Å². The van der Waals surface area contributed by atoms with Gasteiger partial charge in [0.05, 0.1) is 0 Å². The van der Waals surface area contributed by atoms with Crippen molar-refractivity contribution in [1.82, 2.24) is 16.2 Å². The SMILES string of the molecule is C=C(C)C(=O)NCCCNNC(=O)C(C)C. The van der Waals surface area contributed by atoms with Crippen LogP contribution in [-0.4, -0.2) is 24.9 Å². The second-order valence-electron chi connectivity index (χ2n) is 3.96. The van der Waals surface area contributed by atoms with Gasteiger partial charge in [-0.25, -0.2) is 5.43 Å². The first-order valence-electron chi connectivity index (χ1n) is 5.41. The van der Waals surface area contributed by atoms with Gasteiger partial charge in [0.2, 0.25) is 11.8 Å². The van der Waals surface area contributed by atoms with Gasteiger partial charge in [-0.05, 0) is 13.3 Å². The van der Waals surface area contributed by atoms with Gasteiger partial charge in [0, 0.05) is 24.6 Å². The minimum atomic E-state index is -0.133. The third-order valence-corrected chi connectivity index (χ3v) is 1.89. The van der Waals surface area contributed by atoms with Gasteiger partial charge in [-0.15, -0.1) is 0 Å². The van der Waals surface area contributed by atoms with Crippen LogP contribution in [-0.2, 0) is 9.59 Å². The summed E-state index contributed by atoms with van der Waals surface area (Å²) in [5, 5.41) is 2.70. The molecular weight excluding hydrogens is 206 g/mol. The molecule has 0 spiro atoms. The van der Waals surface area contributed by atoms with Gasteiger partial charge >= 0.3 is 0 Å². The van der Waals surface area contributed by atoms with Crippen molar-refractivity contribution in [2.75, 3.05) is 13.1 Å². The zero-order valence-corrected chi connectivity index (χ0v) is 10.2. The van der Waals surface area contributed by atoms with Gasteiger partial charge in [0.25, 0.3) is 0 Å². The number of carbonyl (C=O) groups excluding carboxylic acids is 2. The van der Waals surface area contributed by atoms with Crippen molar-refractivity contribution in [3.8, 4) is 0 Å². The maximum atomic E-state index is 11.1. The third kappa shape index (κ3) is 7.00. The average molecular weight is 227 g/mol. The molecule has 0 aliphatic carbocycles. The first-order valence-corrected chi connectivity index (χ1v) is 5.41. The molecule has 0 saturated heterocycles. The van der Waals surface area contributed by atoms with Gasteiger partial charge in [0.1, 0.15) is 0 Å². The maximum Gasteiger partial charge on any atom is 0.246 e. The Kier molecular flexibility index (Phi) is 7.20. The van der Waals surface area contributed by atoms with E-state index in [9.17, 15) is 9.59 Å². The molecule has 0 aliphatic rings. The zero-order valence-electron chi connectivity index (χ0n) is 10.2. The fourth-order valence-corrected chi connectivity index (χ4v) is 0.824. The molecule has 2 amide bonds. The molecule has 0 unspecified atom stereocenters. The Morgan fingerprint density at radius 1 is 1.25 bits per heavy atom. The lowest BCUT2D eigenvalue weighted by molar-refractivity contribution is -0.125. The maximum absolute atomic E-state index is 11.1. The number of hydrazine groups is 1. The second kappa shape index (κ2) is 7.87. The van der Waals surface area contributed by atoms with E-state index >= 15 is 0 Å². The molecule has 0 aromatic carbocycles. The van der Waals surface area contributed by atoms with E-state index in [2.05, 4.69) is 22.7 Å². The Morgan fingerprint density at radius 2 is 1.88 bits per heavy atom. The van der Waals surface area contributed by atoms with Crippen LogP contribution in [0.25, 0.3) is 0 Å². The van der Waals surface area contributed by atoms with Gasteiger partial charge in [-0.1, -0.05) is 20.4 Å². The number of nitrogens with one attached hydrogen (secondary N) is 3.